The zero-order valence-corrected chi connectivity index (χ0v) is 21.4. The summed E-state index contributed by atoms with van der Waals surface area (Å²) in [5.74, 6) is 4.22. The lowest BCUT2D eigenvalue weighted by molar-refractivity contribution is -0.137. The minimum Gasteiger partial charge on any atom is -0.543 e. The molecule has 4 nitrogen and oxygen atoms in total. The van der Waals surface area contributed by atoms with Crippen LogP contribution in [-0.2, 0) is 9.53 Å². The Hall–Kier alpha value is -1.75. The van der Waals surface area contributed by atoms with Gasteiger partial charge in [0.05, 0.1) is 6.61 Å². The van der Waals surface area contributed by atoms with Gasteiger partial charge in [0.15, 0.2) is 0 Å². The number of benzene rings is 1. The third-order valence-corrected chi connectivity index (χ3v) is 12.7. The molecule has 4 fully saturated rings. The van der Waals surface area contributed by atoms with Gasteiger partial charge in [-0.1, -0.05) is 32.9 Å². The molecule has 4 aliphatic carbocycles. The number of hydrogen-bond acceptors (Lipinski definition) is 3. The van der Waals surface area contributed by atoms with Crippen LogP contribution in [0.3, 0.4) is 0 Å². The topological polar surface area (TPSA) is 55.8 Å². The van der Waals surface area contributed by atoms with Crippen LogP contribution in [0.1, 0.15) is 71.3 Å². The summed E-state index contributed by atoms with van der Waals surface area (Å²) >= 11 is 0. The SMILES string of the molecule is CC(C)(C)[Si](C)(C)Oc1cccc(C(OCCCC(=O)O)=C2C3CC4CC(C3)CC2C4)c1. The van der Waals surface area contributed by atoms with Gasteiger partial charge in [-0.3, -0.25) is 4.79 Å². The van der Waals surface area contributed by atoms with E-state index in [9.17, 15) is 4.79 Å². The van der Waals surface area contributed by atoms with Crippen molar-refractivity contribution in [2.75, 3.05) is 6.61 Å². The molecule has 176 valence electrons. The van der Waals surface area contributed by atoms with Gasteiger partial charge in [-0.2, -0.15) is 0 Å². The third kappa shape index (κ3) is 4.93. The molecule has 1 aromatic rings. The average molecular weight is 457 g/mol. The van der Waals surface area contributed by atoms with Gasteiger partial charge in [-0.15, -0.1) is 0 Å². The Bertz CT molecular complexity index is 850. The van der Waals surface area contributed by atoms with Gasteiger partial charge in [0.1, 0.15) is 11.5 Å². The summed E-state index contributed by atoms with van der Waals surface area (Å²) in [6.07, 6.45) is 7.29. The first-order valence-electron chi connectivity index (χ1n) is 12.4. The van der Waals surface area contributed by atoms with Crippen LogP contribution in [0.25, 0.3) is 5.76 Å². The largest absolute Gasteiger partial charge is 0.543 e. The number of ether oxygens (including phenoxy) is 1. The van der Waals surface area contributed by atoms with Crippen LogP contribution in [0.4, 0.5) is 0 Å². The molecular formula is C27H40O4Si. The van der Waals surface area contributed by atoms with Crippen molar-refractivity contribution in [2.24, 2.45) is 23.7 Å². The van der Waals surface area contributed by atoms with E-state index in [1.807, 2.05) is 0 Å². The van der Waals surface area contributed by atoms with Crippen LogP contribution < -0.4 is 4.43 Å². The summed E-state index contributed by atoms with van der Waals surface area (Å²) in [6, 6.07) is 8.44. The van der Waals surface area contributed by atoms with Crippen molar-refractivity contribution in [2.45, 2.75) is 83.8 Å². The number of carbonyl (C=O) groups is 1. The Morgan fingerprint density at radius 2 is 1.69 bits per heavy atom. The second-order valence-electron chi connectivity index (χ2n) is 11.8. The first-order chi connectivity index (χ1) is 15.0. The van der Waals surface area contributed by atoms with Gasteiger partial charge in [0, 0.05) is 12.0 Å². The smallest absolute Gasteiger partial charge is 0.303 e. The number of aliphatic carboxylic acids is 1. The molecule has 4 bridgehead atoms. The van der Waals surface area contributed by atoms with E-state index >= 15 is 0 Å². The van der Waals surface area contributed by atoms with Crippen molar-refractivity contribution in [3.63, 3.8) is 0 Å². The molecule has 0 heterocycles. The number of carboxylic acids is 1. The Morgan fingerprint density at radius 3 is 2.25 bits per heavy atom. The quantitative estimate of drug-likeness (QED) is 0.257. The zero-order chi connectivity index (χ0) is 23.1. The molecule has 32 heavy (non-hydrogen) atoms. The van der Waals surface area contributed by atoms with Crippen LogP contribution in [0, 0.1) is 23.7 Å². The summed E-state index contributed by atoms with van der Waals surface area (Å²) in [7, 11) is -1.93. The highest BCUT2D eigenvalue weighted by molar-refractivity contribution is 6.74. The minimum absolute atomic E-state index is 0.138. The fraction of sp³-hybridized carbons (Fsp3) is 0.667. The number of carboxylic acid groups (broad SMARTS) is 1. The van der Waals surface area contributed by atoms with Gasteiger partial charge in [-0.05, 0) is 98.0 Å². The predicted molar refractivity (Wildman–Crippen MR) is 131 cm³/mol. The highest BCUT2D eigenvalue weighted by atomic mass is 28.4. The molecule has 4 saturated carbocycles. The standard InChI is InChI=1S/C27H40O4Si/c1-27(2,3)32(4,5)31-23-9-6-8-20(17-23)26(30-11-7-10-24(28)29)25-21-13-18-12-19(15-21)16-22(25)14-18/h6,8-9,17-19,21-22H,7,10-16H2,1-5H3,(H,28,29). The lowest BCUT2D eigenvalue weighted by atomic mass is 9.54. The van der Waals surface area contributed by atoms with Crippen molar-refractivity contribution < 1.29 is 19.1 Å². The van der Waals surface area contributed by atoms with Gasteiger partial charge < -0.3 is 14.3 Å². The number of allylic oxidation sites excluding steroid dienone is 1. The van der Waals surface area contributed by atoms with Crippen molar-refractivity contribution in [1.82, 2.24) is 0 Å². The van der Waals surface area contributed by atoms with E-state index in [1.165, 1.54) is 37.7 Å². The molecular weight excluding hydrogens is 416 g/mol. The summed E-state index contributed by atoms with van der Waals surface area (Å²) in [6.45, 7) is 11.8. The molecule has 1 aromatic carbocycles. The van der Waals surface area contributed by atoms with E-state index in [-0.39, 0.29) is 11.5 Å². The predicted octanol–water partition coefficient (Wildman–Crippen LogP) is 7.12. The van der Waals surface area contributed by atoms with Crippen LogP contribution in [0.5, 0.6) is 5.75 Å². The van der Waals surface area contributed by atoms with E-state index in [0.29, 0.717) is 24.9 Å². The Morgan fingerprint density at radius 1 is 1.06 bits per heavy atom. The van der Waals surface area contributed by atoms with E-state index < -0.39 is 14.3 Å². The monoisotopic (exact) mass is 456 g/mol. The second-order valence-corrected chi connectivity index (χ2v) is 16.5. The minimum atomic E-state index is -1.93. The molecule has 5 heteroatoms. The Balaban J connectivity index is 1.64. The lowest BCUT2D eigenvalue weighted by Gasteiger charge is -2.51. The zero-order valence-electron chi connectivity index (χ0n) is 20.4. The van der Waals surface area contributed by atoms with Crippen molar-refractivity contribution in [3.8, 4) is 5.75 Å². The van der Waals surface area contributed by atoms with Crippen LogP contribution in [0.2, 0.25) is 18.1 Å². The maximum Gasteiger partial charge on any atom is 0.303 e. The maximum absolute atomic E-state index is 11.0. The average Bonchev–Trinajstić information content (AvgIpc) is 2.67. The number of rotatable bonds is 8. The van der Waals surface area contributed by atoms with Crippen LogP contribution in [-0.4, -0.2) is 26.0 Å². The summed E-state index contributed by atoms with van der Waals surface area (Å²) < 4.78 is 13.0. The Labute approximate surface area is 194 Å². The highest BCUT2D eigenvalue weighted by Crippen LogP contribution is 2.58. The van der Waals surface area contributed by atoms with Crippen molar-refractivity contribution in [3.05, 3.63) is 35.4 Å². The van der Waals surface area contributed by atoms with Crippen LogP contribution >= 0.6 is 0 Å². The highest BCUT2D eigenvalue weighted by Gasteiger charge is 2.47. The fourth-order valence-electron chi connectivity index (χ4n) is 5.94. The molecule has 5 rings (SSSR count). The van der Waals surface area contributed by atoms with Crippen molar-refractivity contribution in [1.29, 1.82) is 0 Å². The molecule has 0 spiro atoms. The second kappa shape index (κ2) is 8.89. The molecule has 0 atom stereocenters. The van der Waals surface area contributed by atoms with Gasteiger partial charge in [0.25, 0.3) is 0 Å². The summed E-state index contributed by atoms with van der Waals surface area (Å²) in [5, 5.41) is 9.18. The molecule has 0 saturated heterocycles. The van der Waals surface area contributed by atoms with Crippen LogP contribution in [0.15, 0.2) is 29.8 Å². The molecule has 0 aliphatic heterocycles. The first-order valence-corrected chi connectivity index (χ1v) is 15.3. The molecule has 4 aliphatic rings. The van der Waals surface area contributed by atoms with Gasteiger partial charge >= 0.3 is 5.97 Å². The molecule has 0 aromatic heterocycles. The lowest BCUT2D eigenvalue weighted by Crippen LogP contribution is -2.43. The normalized spacial score (nSPS) is 26.8. The number of hydrogen-bond donors (Lipinski definition) is 1. The van der Waals surface area contributed by atoms with Crippen molar-refractivity contribution >= 4 is 20.0 Å². The maximum atomic E-state index is 11.0. The summed E-state index contributed by atoms with van der Waals surface area (Å²) in [4.78, 5) is 11.0. The third-order valence-electron chi connectivity index (χ3n) is 8.34. The van der Waals surface area contributed by atoms with E-state index in [1.54, 1.807) is 0 Å². The first kappa shape index (κ1) is 23.4. The molecule has 0 amide bonds. The van der Waals surface area contributed by atoms with Gasteiger partial charge in [0.2, 0.25) is 8.32 Å². The molecule has 1 N–H and O–H groups in total. The van der Waals surface area contributed by atoms with Gasteiger partial charge in [-0.25, -0.2) is 0 Å². The molecule has 0 unspecified atom stereocenters. The van der Waals surface area contributed by atoms with E-state index in [4.69, 9.17) is 14.3 Å². The Kier molecular flexibility index (Phi) is 6.50. The fourth-order valence-corrected chi connectivity index (χ4v) is 6.96. The summed E-state index contributed by atoms with van der Waals surface area (Å²) in [5.41, 5.74) is 2.61. The molecule has 0 radical (unpaired) electrons. The van der Waals surface area contributed by atoms with E-state index in [2.05, 4.69) is 58.1 Å². The van der Waals surface area contributed by atoms with E-state index in [0.717, 1.165) is 28.9 Å².